The fraction of sp³-hybridized carbons (Fsp3) is 0.316. The molecule has 0 atom stereocenters. The number of carbonyl (C=O) groups excluding carboxylic acids is 1. The van der Waals surface area contributed by atoms with Crippen LogP contribution < -0.4 is 19.5 Å². The summed E-state index contributed by atoms with van der Waals surface area (Å²) in [6.07, 6.45) is 4.33. The number of anilines is 1. The number of nitrogens with one attached hydrogen (secondary N) is 2. The molecule has 2 N–H and O–H groups in total. The second-order valence-electron chi connectivity index (χ2n) is 6.41. The van der Waals surface area contributed by atoms with E-state index in [9.17, 15) is 4.79 Å². The maximum Gasteiger partial charge on any atom is 0.322 e. The maximum atomic E-state index is 12.8. The number of aromatic amines is 1. The molecule has 0 spiro atoms. The van der Waals surface area contributed by atoms with Gasteiger partial charge in [-0.1, -0.05) is 0 Å². The van der Waals surface area contributed by atoms with Gasteiger partial charge in [-0.25, -0.2) is 9.78 Å². The Morgan fingerprint density at radius 3 is 2.57 bits per heavy atom. The molecular formula is C19H21N5O4. The molecular weight excluding hydrogens is 362 g/mol. The van der Waals surface area contributed by atoms with Crippen LogP contribution in [0.1, 0.15) is 11.1 Å². The lowest BCUT2D eigenvalue weighted by Crippen LogP contribution is -2.39. The van der Waals surface area contributed by atoms with Gasteiger partial charge in [-0.3, -0.25) is 5.10 Å². The Labute approximate surface area is 161 Å². The SMILES string of the molecule is COc1cc(NC(=O)N2CCc3c(cnc4[nH]ncc34)C2)cc(OC)c1OC. The van der Waals surface area contributed by atoms with E-state index < -0.39 is 0 Å². The standard InChI is InChI=1S/C19H21N5O4/c1-26-15-6-12(7-16(27-2)17(15)28-3)22-19(25)24-5-4-13-11(10-24)8-20-18-14(13)9-21-23-18/h6-9H,4-5,10H2,1-3H3,(H,22,25)(H,20,21,23). The van der Waals surface area contributed by atoms with Gasteiger partial charge in [-0.05, 0) is 17.5 Å². The highest BCUT2D eigenvalue weighted by molar-refractivity contribution is 5.91. The fourth-order valence-corrected chi connectivity index (χ4v) is 3.48. The Kier molecular flexibility index (Phi) is 4.64. The number of carbonyl (C=O) groups is 1. The molecule has 0 fully saturated rings. The number of fused-ring (bicyclic) bond motifs is 3. The zero-order chi connectivity index (χ0) is 19.7. The maximum absolute atomic E-state index is 12.8. The van der Waals surface area contributed by atoms with E-state index in [4.69, 9.17) is 14.2 Å². The lowest BCUT2D eigenvalue weighted by molar-refractivity contribution is 0.206. The first-order valence-corrected chi connectivity index (χ1v) is 8.80. The molecule has 3 heterocycles. The first-order valence-electron chi connectivity index (χ1n) is 8.80. The van der Waals surface area contributed by atoms with Crippen molar-refractivity contribution in [2.75, 3.05) is 33.2 Å². The van der Waals surface area contributed by atoms with Crippen LogP contribution in [0, 0.1) is 0 Å². The lowest BCUT2D eigenvalue weighted by atomic mass is 9.99. The summed E-state index contributed by atoms with van der Waals surface area (Å²) in [4.78, 5) is 18.9. The largest absolute Gasteiger partial charge is 0.493 e. The van der Waals surface area contributed by atoms with Gasteiger partial charge in [0.25, 0.3) is 0 Å². The summed E-state index contributed by atoms with van der Waals surface area (Å²) in [6.45, 7) is 1.09. The van der Waals surface area contributed by atoms with Gasteiger partial charge in [0.15, 0.2) is 17.1 Å². The van der Waals surface area contributed by atoms with Gasteiger partial charge in [0.1, 0.15) is 0 Å². The highest BCUT2D eigenvalue weighted by Gasteiger charge is 2.24. The van der Waals surface area contributed by atoms with E-state index in [1.54, 1.807) is 29.4 Å². The van der Waals surface area contributed by atoms with Gasteiger partial charge in [-0.15, -0.1) is 0 Å². The number of urea groups is 1. The number of hydrogen-bond acceptors (Lipinski definition) is 6. The molecule has 9 heteroatoms. The molecule has 2 amide bonds. The summed E-state index contributed by atoms with van der Waals surface area (Å²) in [6, 6.07) is 3.20. The molecule has 146 valence electrons. The number of pyridine rings is 1. The van der Waals surface area contributed by atoms with Gasteiger partial charge in [0.2, 0.25) is 5.75 Å². The minimum atomic E-state index is -0.202. The monoisotopic (exact) mass is 383 g/mol. The van der Waals surface area contributed by atoms with Gasteiger partial charge in [0, 0.05) is 36.8 Å². The average molecular weight is 383 g/mol. The third-order valence-electron chi connectivity index (χ3n) is 4.88. The molecule has 0 aliphatic carbocycles. The van der Waals surface area contributed by atoms with Crippen molar-refractivity contribution in [2.24, 2.45) is 0 Å². The number of methoxy groups -OCH3 is 3. The van der Waals surface area contributed by atoms with Crippen LogP contribution in [0.5, 0.6) is 17.2 Å². The van der Waals surface area contributed by atoms with E-state index in [0.717, 1.165) is 23.0 Å². The minimum Gasteiger partial charge on any atom is -0.493 e. The molecule has 2 aromatic heterocycles. The van der Waals surface area contributed by atoms with E-state index in [-0.39, 0.29) is 6.03 Å². The van der Waals surface area contributed by atoms with Gasteiger partial charge < -0.3 is 24.4 Å². The van der Waals surface area contributed by atoms with Crippen molar-refractivity contribution in [2.45, 2.75) is 13.0 Å². The van der Waals surface area contributed by atoms with Crippen LogP contribution in [0.4, 0.5) is 10.5 Å². The highest BCUT2D eigenvalue weighted by atomic mass is 16.5. The number of H-pyrrole nitrogens is 1. The van der Waals surface area contributed by atoms with Crippen LogP contribution in [0.25, 0.3) is 11.0 Å². The van der Waals surface area contributed by atoms with Crippen LogP contribution in [-0.4, -0.2) is 54.0 Å². The first kappa shape index (κ1) is 17.9. The van der Waals surface area contributed by atoms with E-state index in [1.807, 2.05) is 0 Å². The van der Waals surface area contributed by atoms with Crippen LogP contribution in [0.15, 0.2) is 24.5 Å². The molecule has 1 aliphatic rings. The zero-order valence-corrected chi connectivity index (χ0v) is 15.9. The third-order valence-corrected chi connectivity index (χ3v) is 4.88. The number of ether oxygens (including phenoxy) is 3. The molecule has 4 rings (SSSR count). The van der Waals surface area contributed by atoms with E-state index >= 15 is 0 Å². The van der Waals surface area contributed by atoms with Crippen LogP contribution in [0.3, 0.4) is 0 Å². The summed E-state index contributed by atoms with van der Waals surface area (Å²) in [7, 11) is 4.61. The van der Waals surface area contributed by atoms with Crippen LogP contribution in [0.2, 0.25) is 0 Å². The minimum absolute atomic E-state index is 0.202. The lowest BCUT2D eigenvalue weighted by Gasteiger charge is -2.29. The normalized spacial score (nSPS) is 13.2. The molecule has 9 nitrogen and oxygen atoms in total. The Morgan fingerprint density at radius 2 is 1.89 bits per heavy atom. The van der Waals surface area contributed by atoms with Crippen molar-refractivity contribution in [1.29, 1.82) is 0 Å². The smallest absolute Gasteiger partial charge is 0.322 e. The summed E-state index contributed by atoms with van der Waals surface area (Å²) in [5.74, 6) is 1.44. The summed E-state index contributed by atoms with van der Waals surface area (Å²) in [5, 5.41) is 10.9. The quantitative estimate of drug-likeness (QED) is 0.718. The Balaban J connectivity index is 1.54. The van der Waals surface area contributed by atoms with E-state index in [1.165, 1.54) is 26.9 Å². The second-order valence-corrected chi connectivity index (χ2v) is 6.41. The fourth-order valence-electron chi connectivity index (χ4n) is 3.48. The van der Waals surface area contributed by atoms with Crippen molar-refractivity contribution in [3.05, 3.63) is 35.7 Å². The molecule has 3 aromatic rings. The summed E-state index contributed by atoms with van der Waals surface area (Å²) < 4.78 is 16.0. The van der Waals surface area contributed by atoms with Crippen molar-refractivity contribution >= 4 is 22.8 Å². The molecule has 0 unspecified atom stereocenters. The zero-order valence-electron chi connectivity index (χ0n) is 15.9. The first-order chi connectivity index (χ1) is 13.6. The van der Waals surface area contributed by atoms with E-state index in [0.29, 0.717) is 36.0 Å². The predicted octanol–water partition coefficient (Wildman–Crippen LogP) is 2.57. The van der Waals surface area contributed by atoms with Crippen molar-refractivity contribution in [1.82, 2.24) is 20.1 Å². The molecule has 28 heavy (non-hydrogen) atoms. The van der Waals surface area contributed by atoms with Crippen LogP contribution >= 0.6 is 0 Å². The molecule has 0 saturated heterocycles. The molecule has 0 bridgehead atoms. The molecule has 0 radical (unpaired) electrons. The van der Waals surface area contributed by atoms with Crippen LogP contribution in [-0.2, 0) is 13.0 Å². The van der Waals surface area contributed by atoms with Gasteiger partial charge in [0.05, 0.1) is 33.2 Å². The second kappa shape index (κ2) is 7.26. The van der Waals surface area contributed by atoms with Crippen molar-refractivity contribution in [3.63, 3.8) is 0 Å². The number of amides is 2. The summed E-state index contributed by atoms with van der Waals surface area (Å²) >= 11 is 0. The number of hydrogen-bond donors (Lipinski definition) is 2. The van der Waals surface area contributed by atoms with Crippen molar-refractivity contribution < 1.29 is 19.0 Å². The number of benzene rings is 1. The summed E-state index contributed by atoms with van der Waals surface area (Å²) in [5.41, 5.74) is 3.55. The Bertz CT molecular complexity index is 1010. The Morgan fingerprint density at radius 1 is 1.14 bits per heavy atom. The third kappa shape index (κ3) is 3.04. The highest BCUT2D eigenvalue weighted by Crippen LogP contribution is 2.40. The predicted molar refractivity (Wildman–Crippen MR) is 103 cm³/mol. The molecule has 1 aromatic carbocycles. The number of aromatic nitrogens is 3. The number of rotatable bonds is 4. The topological polar surface area (TPSA) is 102 Å². The van der Waals surface area contributed by atoms with Gasteiger partial charge >= 0.3 is 6.03 Å². The number of nitrogens with zero attached hydrogens (tertiary/aromatic N) is 3. The Hall–Kier alpha value is -3.49. The average Bonchev–Trinajstić information content (AvgIpc) is 3.21. The van der Waals surface area contributed by atoms with E-state index in [2.05, 4.69) is 20.5 Å². The van der Waals surface area contributed by atoms with Gasteiger partial charge in [-0.2, -0.15) is 5.10 Å². The molecule has 0 saturated carbocycles. The molecule has 1 aliphatic heterocycles. The van der Waals surface area contributed by atoms with Crippen molar-refractivity contribution in [3.8, 4) is 17.2 Å².